The lowest BCUT2D eigenvalue weighted by molar-refractivity contribution is -0.154. The van der Waals surface area contributed by atoms with Crippen LogP contribution in [0.4, 0.5) is 0 Å². The number of hydrogen-bond acceptors (Lipinski definition) is 4. The Balaban J connectivity index is 3.56. The van der Waals surface area contributed by atoms with Gasteiger partial charge in [-0.25, -0.2) is 0 Å². The Hall–Kier alpha value is -2.43. The molecule has 4 nitrogen and oxygen atoms in total. The van der Waals surface area contributed by atoms with Crippen LogP contribution in [0.2, 0.25) is 0 Å². The maximum absolute atomic E-state index is 12.2. The molecular formula is C47H80O4. The van der Waals surface area contributed by atoms with Crippen LogP contribution in [0.25, 0.3) is 0 Å². The minimum atomic E-state index is -0.556. The number of carbonyl (C=O) groups is 1. The molecule has 1 unspecified atom stereocenters. The molecule has 4 heteroatoms. The first-order valence-corrected chi connectivity index (χ1v) is 21.2. The van der Waals surface area contributed by atoms with Gasteiger partial charge in [-0.1, -0.05) is 170 Å². The van der Waals surface area contributed by atoms with Crippen molar-refractivity contribution in [3.05, 3.63) is 85.1 Å². The lowest BCUT2D eigenvalue weighted by Crippen LogP contribution is -2.27. The molecule has 0 aromatic rings. The van der Waals surface area contributed by atoms with E-state index in [0.717, 1.165) is 83.5 Å². The van der Waals surface area contributed by atoms with Crippen LogP contribution in [0.15, 0.2) is 85.1 Å². The molecule has 0 amide bonds. The average Bonchev–Trinajstić information content (AvgIpc) is 3.14. The van der Waals surface area contributed by atoms with Crippen LogP contribution < -0.4 is 0 Å². The fraction of sp³-hybridized carbons (Fsp3) is 0.681. The van der Waals surface area contributed by atoms with E-state index >= 15 is 0 Å². The van der Waals surface area contributed by atoms with E-state index in [2.05, 4.69) is 98.9 Å². The van der Waals surface area contributed by atoms with Gasteiger partial charge >= 0.3 is 5.97 Å². The molecule has 0 aromatic heterocycles. The summed E-state index contributed by atoms with van der Waals surface area (Å²) in [7, 11) is 0. The molecule has 0 spiro atoms. The number of carbonyl (C=O) groups excluding carboxylic acids is 1. The Morgan fingerprint density at radius 1 is 0.490 bits per heavy atom. The van der Waals surface area contributed by atoms with Crippen LogP contribution >= 0.6 is 0 Å². The Labute approximate surface area is 316 Å². The molecule has 0 radical (unpaired) electrons. The lowest BCUT2D eigenvalue weighted by atomic mass is 10.1. The number of hydrogen-bond donors (Lipinski definition) is 1. The van der Waals surface area contributed by atoms with Crippen molar-refractivity contribution in [1.29, 1.82) is 0 Å². The first kappa shape index (κ1) is 48.6. The highest BCUT2D eigenvalue weighted by molar-refractivity contribution is 5.69. The molecule has 1 atom stereocenters. The minimum Gasteiger partial charge on any atom is -0.457 e. The van der Waals surface area contributed by atoms with E-state index in [1.165, 1.54) is 77.0 Å². The van der Waals surface area contributed by atoms with Gasteiger partial charge in [0.25, 0.3) is 0 Å². The van der Waals surface area contributed by atoms with Crippen LogP contribution in [0.5, 0.6) is 0 Å². The first-order valence-electron chi connectivity index (χ1n) is 21.2. The van der Waals surface area contributed by atoms with E-state index in [9.17, 15) is 9.90 Å². The van der Waals surface area contributed by atoms with Gasteiger partial charge in [0.05, 0.1) is 13.2 Å². The smallest absolute Gasteiger partial charge is 0.306 e. The molecule has 0 saturated heterocycles. The third-order valence-corrected chi connectivity index (χ3v) is 8.70. The van der Waals surface area contributed by atoms with Crippen molar-refractivity contribution in [2.45, 2.75) is 187 Å². The molecule has 292 valence electrons. The quantitative estimate of drug-likeness (QED) is 0.0394. The second kappa shape index (κ2) is 43.7. The van der Waals surface area contributed by atoms with E-state index < -0.39 is 6.10 Å². The second-order valence-corrected chi connectivity index (χ2v) is 13.7. The Bertz CT molecular complexity index is 923. The first-order chi connectivity index (χ1) is 25.2. The van der Waals surface area contributed by atoms with Crippen LogP contribution in [0.3, 0.4) is 0 Å². The Morgan fingerprint density at radius 2 is 0.882 bits per heavy atom. The molecule has 0 heterocycles. The molecule has 0 aliphatic heterocycles. The summed E-state index contributed by atoms with van der Waals surface area (Å²) in [4.78, 5) is 12.2. The average molecular weight is 709 g/mol. The van der Waals surface area contributed by atoms with Gasteiger partial charge in [0, 0.05) is 13.0 Å². The summed E-state index contributed by atoms with van der Waals surface area (Å²) in [6.07, 6.45) is 60.6. The summed E-state index contributed by atoms with van der Waals surface area (Å²) in [5.74, 6) is -0.230. The molecule has 0 fully saturated rings. The maximum Gasteiger partial charge on any atom is 0.306 e. The van der Waals surface area contributed by atoms with Gasteiger partial charge in [-0.3, -0.25) is 4.79 Å². The molecular weight excluding hydrogens is 629 g/mol. The molecule has 0 bridgehead atoms. The van der Waals surface area contributed by atoms with E-state index in [4.69, 9.17) is 9.47 Å². The van der Waals surface area contributed by atoms with Crippen LogP contribution in [-0.4, -0.2) is 37.0 Å². The summed E-state index contributed by atoms with van der Waals surface area (Å²) in [6.45, 7) is 5.18. The van der Waals surface area contributed by atoms with Gasteiger partial charge in [-0.2, -0.15) is 0 Å². The lowest BCUT2D eigenvalue weighted by Gasteiger charge is -2.15. The van der Waals surface area contributed by atoms with Crippen LogP contribution in [0, 0.1) is 0 Å². The van der Waals surface area contributed by atoms with Gasteiger partial charge in [0.2, 0.25) is 0 Å². The third kappa shape index (κ3) is 41.9. The number of esters is 1. The molecule has 1 N–H and O–H groups in total. The summed E-state index contributed by atoms with van der Waals surface area (Å²) in [6, 6.07) is 0. The fourth-order valence-corrected chi connectivity index (χ4v) is 5.56. The fourth-order valence-electron chi connectivity index (χ4n) is 5.56. The maximum atomic E-state index is 12.2. The molecule has 51 heavy (non-hydrogen) atoms. The van der Waals surface area contributed by atoms with Crippen molar-refractivity contribution in [3.63, 3.8) is 0 Å². The number of ether oxygens (including phenoxy) is 2. The zero-order valence-electron chi connectivity index (χ0n) is 33.3. The van der Waals surface area contributed by atoms with Crippen molar-refractivity contribution < 1.29 is 19.4 Å². The van der Waals surface area contributed by atoms with Gasteiger partial charge in [0.1, 0.15) is 6.10 Å². The molecule has 0 aromatic carbocycles. The number of allylic oxidation sites excluding steroid dienone is 14. The molecule has 0 aliphatic rings. The Morgan fingerprint density at radius 3 is 1.35 bits per heavy atom. The summed E-state index contributed by atoms with van der Waals surface area (Å²) in [5, 5.41) is 9.59. The highest BCUT2D eigenvalue weighted by Crippen LogP contribution is 2.11. The number of unbranched alkanes of at least 4 members (excludes halogenated alkanes) is 16. The van der Waals surface area contributed by atoms with Gasteiger partial charge in [-0.15, -0.1) is 0 Å². The van der Waals surface area contributed by atoms with Crippen LogP contribution in [0.1, 0.15) is 181 Å². The Kier molecular flexibility index (Phi) is 41.6. The summed E-state index contributed by atoms with van der Waals surface area (Å²) >= 11 is 0. The zero-order valence-corrected chi connectivity index (χ0v) is 33.3. The summed E-state index contributed by atoms with van der Waals surface area (Å²) < 4.78 is 11.1. The second-order valence-electron chi connectivity index (χ2n) is 13.7. The standard InChI is InChI=1S/C47H80O4/c1-3-5-7-9-11-13-15-17-19-21-22-23-24-25-26-27-28-30-32-34-36-38-40-42-47(49)51-46(44-48)45-50-43-41-39-37-35-33-31-29-20-18-16-14-12-10-8-6-4-2/h5,7,11,13,17-20,22-23,25-26,28,30,46,48H,3-4,6,8-10,12,14-16,21,24,27,29,31-45H2,1-2H3/b7-5-,13-11-,19-17-,20-18-,23-22-,26-25-,30-28-. The highest BCUT2D eigenvalue weighted by atomic mass is 16.6. The molecule has 0 aliphatic carbocycles. The third-order valence-electron chi connectivity index (χ3n) is 8.70. The largest absolute Gasteiger partial charge is 0.457 e. The number of aliphatic hydroxyl groups is 1. The van der Waals surface area contributed by atoms with Gasteiger partial charge in [-0.05, 0) is 89.9 Å². The van der Waals surface area contributed by atoms with Gasteiger partial charge in [0.15, 0.2) is 0 Å². The normalized spacial score (nSPS) is 13.2. The van der Waals surface area contributed by atoms with Crippen molar-refractivity contribution in [1.82, 2.24) is 0 Å². The highest BCUT2D eigenvalue weighted by Gasteiger charge is 2.13. The van der Waals surface area contributed by atoms with Gasteiger partial charge < -0.3 is 14.6 Å². The predicted octanol–water partition coefficient (Wildman–Crippen LogP) is 14.0. The van der Waals surface area contributed by atoms with Crippen molar-refractivity contribution >= 4 is 5.97 Å². The van der Waals surface area contributed by atoms with Crippen molar-refractivity contribution in [3.8, 4) is 0 Å². The van der Waals surface area contributed by atoms with E-state index in [-0.39, 0.29) is 19.2 Å². The monoisotopic (exact) mass is 709 g/mol. The van der Waals surface area contributed by atoms with E-state index in [1.807, 2.05) is 0 Å². The van der Waals surface area contributed by atoms with E-state index in [0.29, 0.717) is 13.0 Å². The number of aliphatic hydroxyl groups excluding tert-OH is 1. The predicted molar refractivity (Wildman–Crippen MR) is 223 cm³/mol. The van der Waals surface area contributed by atoms with Crippen LogP contribution in [-0.2, 0) is 14.3 Å². The topological polar surface area (TPSA) is 55.8 Å². The molecule has 0 saturated carbocycles. The zero-order chi connectivity index (χ0) is 37.0. The number of rotatable bonds is 38. The van der Waals surface area contributed by atoms with E-state index in [1.54, 1.807) is 0 Å². The van der Waals surface area contributed by atoms with Crippen molar-refractivity contribution in [2.75, 3.05) is 19.8 Å². The van der Waals surface area contributed by atoms with Crippen molar-refractivity contribution in [2.24, 2.45) is 0 Å². The minimum absolute atomic E-state index is 0.189. The SMILES string of the molecule is CC/C=C\C/C=C\C/C=C\C/C=C\C/C=C\C/C=C\CCCCCCC(=O)OC(CO)COCCCCCCCC/C=C\CCCCCCCC. The summed E-state index contributed by atoms with van der Waals surface area (Å²) in [5.41, 5.74) is 0. The molecule has 0 rings (SSSR count).